The van der Waals surface area contributed by atoms with Gasteiger partial charge in [-0.2, -0.15) is 0 Å². The summed E-state index contributed by atoms with van der Waals surface area (Å²) in [6.45, 7) is 1.96. The fourth-order valence-electron chi connectivity index (χ4n) is 2.28. The van der Waals surface area contributed by atoms with Crippen molar-refractivity contribution in [2.24, 2.45) is 0 Å². The minimum atomic E-state index is -0.882. The smallest absolute Gasteiger partial charge is 0.344 e. The van der Waals surface area contributed by atoms with Crippen molar-refractivity contribution in [3.8, 4) is 5.75 Å². The Kier molecular flexibility index (Phi) is 3.67. The molecule has 0 radical (unpaired) electrons. The van der Waals surface area contributed by atoms with E-state index in [1.54, 1.807) is 0 Å². The maximum atomic E-state index is 11.0. The van der Waals surface area contributed by atoms with Crippen LogP contribution in [0.5, 0.6) is 5.75 Å². The van der Waals surface area contributed by atoms with Gasteiger partial charge in [0, 0.05) is 0 Å². The van der Waals surface area contributed by atoms with E-state index in [1.807, 2.05) is 19.1 Å². The molecule has 0 aromatic heterocycles. The first-order valence-electron chi connectivity index (χ1n) is 6.22. The Labute approximate surface area is 101 Å². The van der Waals surface area contributed by atoms with Gasteiger partial charge in [0.25, 0.3) is 0 Å². The van der Waals surface area contributed by atoms with Gasteiger partial charge < -0.3 is 9.84 Å². The number of aliphatic carboxylic acids is 1. The Balaban J connectivity index is 2.09. The van der Waals surface area contributed by atoms with Gasteiger partial charge in [-0.15, -0.1) is 0 Å². The summed E-state index contributed by atoms with van der Waals surface area (Å²) in [6.07, 6.45) is 4.04. The number of fused-ring (bicyclic) bond motifs is 1. The maximum Gasteiger partial charge on any atom is 0.344 e. The second-order valence-electron chi connectivity index (χ2n) is 4.52. The van der Waals surface area contributed by atoms with Crippen molar-refractivity contribution in [1.29, 1.82) is 0 Å². The highest BCUT2D eigenvalue weighted by Crippen LogP contribution is 2.26. The first-order chi connectivity index (χ1) is 8.20. The molecule has 0 bridgehead atoms. The van der Waals surface area contributed by atoms with Gasteiger partial charge in [0.1, 0.15) is 5.75 Å². The topological polar surface area (TPSA) is 46.5 Å². The molecule has 1 aliphatic carbocycles. The van der Waals surface area contributed by atoms with Gasteiger partial charge in [-0.1, -0.05) is 19.4 Å². The molecule has 1 N–H and O–H groups in total. The van der Waals surface area contributed by atoms with E-state index < -0.39 is 12.1 Å². The van der Waals surface area contributed by atoms with Crippen LogP contribution in [0, 0.1) is 0 Å². The molecule has 0 saturated heterocycles. The van der Waals surface area contributed by atoms with Crippen molar-refractivity contribution in [3.05, 3.63) is 29.3 Å². The Bertz CT molecular complexity index is 412. The molecule has 0 saturated carbocycles. The van der Waals surface area contributed by atoms with Gasteiger partial charge in [-0.25, -0.2) is 4.79 Å². The highest BCUT2D eigenvalue weighted by atomic mass is 16.5. The molecule has 2 rings (SSSR count). The molecule has 1 aromatic rings. The Hall–Kier alpha value is -1.51. The fourth-order valence-corrected chi connectivity index (χ4v) is 2.28. The van der Waals surface area contributed by atoms with E-state index in [0.717, 1.165) is 19.3 Å². The largest absolute Gasteiger partial charge is 0.479 e. The minimum Gasteiger partial charge on any atom is -0.479 e. The van der Waals surface area contributed by atoms with Crippen molar-refractivity contribution >= 4 is 5.97 Å². The van der Waals surface area contributed by atoms with E-state index in [1.165, 1.54) is 17.5 Å². The van der Waals surface area contributed by atoms with E-state index >= 15 is 0 Å². The van der Waals surface area contributed by atoms with Crippen LogP contribution < -0.4 is 4.74 Å². The van der Waals surface area contributed by atoms with Gasteiger partial charge in [0.05, 0.1) is 0 Å². The molecule has 3 nitrogen and oxygen atoms in total. The fraction of sp³-hybridized carbons (Fsp3) is 0.500. The minimum absolute atomic E-state index is 0.548. The zero-order valence-electron chi connectivity index (χ0n) is 10.1. The summed E-state index contributed by atoms with van der Waals surface area (Å²) < 4.78 is 5.54. The molecule has 17 heavy (non-hydrogen) atoms. The predicted octanol–water partition coefficient (Wildman–Crippen LogP) is 2.81. The number of carboxylic acids is 1. The average Bonchev–Trinajstić information content (AvgIpc) is 2.75. The quantitative estimate of drug-likeness (QED) is 0.852. The van der Waals surface area contributed by atoms with Crippen LogP contribution in [0.1, 0.15) is 37.3 Å². The van der Waals surface area contributed by atoms with Crippen LogP contribution in [0.15, 0.2) is 18.2 Å². The molecule has 0 aliphatic heterocycles. The SMILES string of the molecule is CCCC(Oc1ccc2c(c1)CCC2)C(=O)O. The monoisotopic (exact) mass is 234 g/mol. The molecule has 0 fully saturated rings. The third-order valence-electron chi connectivity index (χ3n) is 3.17. The summed E-state index contributed by atoms with van der Waals surface area (Å²) in [4.78, 5) is 11.0. The summed E-state index contributed by atoms with van der Waals surface area (Å²) >= 11 is 0. The summed E-state index contributed by atoms with van der Waals surface area (Å²) in [7, 11) is 0. The van der Waals surface area contributed by atoms with Crippen LogP contribution in [0.3, 0.4) is 0 Å². The standard InChI is InChI=1S/C14H18O3/c1-2-4-13(14(15)16)17-12-8-7-10-5-3-6-11(10)9-12/h7-9,13H,2-6H2,1H3,(H,15,16). The summed E-state index contributed by atoms with van der Waals surface area (Å²) in [6, 6.07) is 5.94. The van der Waals surface area contributed by atoms with E-state index in [9.17, 15) is 4.79 Å². The van der Waals surface area contributed by atoms with Crippen molar-refractivity contribution in [2.45, 2.75) is 45.1 Å². The first kappa shape index (κ1) is 12.0. The lowest BCUT2D eigenvalue weighted by molar-refractivity contribution is -0.145. The van der Waals surface area contributed by atoms with E-state index in [2.05, 4.69) is 6.07 Å². The number of rotatable bonds is 5. The average molecular weight is 234 g/mol. The van der Waals surface area contributed by atoms with Crippen LogP contribution >= 0.6 is 0 Å². The highest BCUT2D eigenvalue weighted by Gasteiger charge is 2.19. The highest BCUT2D eigenvalue weighted by molar-refractivity contribution is 5.72. The van der Waals surface area contributed by atoms with Crippen molar-refractivity contribution in [1.82, 2.24) is 0 Å². The number of hydrogen-bond acceptors (Lipinski definition) is 2. The number of aryl methyl sites for hydroxylation is 2. The van der Waals surface area contributed by atoms with Crippen molar-refractivity contribution in [3.63, 3.8) is 0 Å². The molecular formula is C14H18O3. The first-order valence-corrected chi connectivity index (χ1v) is 6.22. The number of hydrogen-bond donors (Lipinski definition) is 1. The van der Waals surface area contributed by atoms with Gasteiger partial charge in [0.15, 0.2) is 6.10 Å². The van der Waals surface area contributed by atoms with Crippen LogP contribution in [-0.4, -0.2) is 17.2 Å². The van der Waals surface area contributed by atoms with Gasteiger partial charge in [-0.05, 0) is 48.9 Å². The van der Waals surface area contributed by atoms with Gasteiger partial charge in [0.2, 0.25) is 0 Å². The van der Waals surface area contributed by atoms with Crippen LogP contribution in [0.25, 0.3) is 0 Å². The summed E-state index contributed by atoms with van der Waals surface area (Å²) in [5.74, 6) is -0.196. The van der Waals surface area contributed by atoms with Crippen LogP contribution in [-0.2, 0) is 17.6 Å². The molecular weight excluding hydrogens is 216 g/mol. The number of carbonyl (C=O) groups is 1. The van der Waals surface area contributed by atoms with Crippen LogP contribution in [0.4, 0.5) is 0 Å². The molecule has 1 aliphatic rings. The third-order valence-corrected chi connectivity index (χ3v) is 3.17. The van der Waals surface area contributed by atoms with Gasteiger partial charge in [-0.3, -0.25) is 0 Å². The lowest BCUT2D eigenvalue weighted by Gasteiger charge is -2.15. The van der Waals surface area contributed by atoms with Crippen LogP contribution in [0.2, 0.25) is 0 Å². The number of benzene rings is 1. The van der Waals surface area contributed by atoms with E-state index in [0.29, 0.717) is 12.2 Å². The normalized spacial score (nSPS) is 15.4. The van der Waals surface area contributed by atoms with Crippen molar-refractivity contribution in [2.75, 3.05) is 0 Å². The molecule has 0 amide bonds. The molecule has 3 heteroatoms. The molecule has 92 valence electrons. The predicted molar refractivity (Wildman–Crippen MR) is 65.4 cm³/mol. The van der Waals surface area contributed by atoms with E-state index in [-0.39, 0.29) is 0 Å². The lowest BCUT2D eigenvalue weighted by atomic mass is 10.1. The van der Waals surface area contributed by atoms with E-state index in [4.69, 9.17) is 9.84 Å². The Morgan fingerprint density at radius 2 is 2.18 bits per heavy atom. The number of ether oxygens (including phenoxy) is 1. The molecule has 1 aromatic carbocycles. The molecule has 0 heterocycles. The molecule has 0 spiro atoms. The Morgan fingerprint density at radius 3 is 2.88 bits per heavy atom. The summed E-state index contributed by atoms with van der Waals surface area (Å²) in [5.41, 5.74) is 2.68. The third kappa shape index (κ3) is 2.78. The Morgan fingerprint density at radius 1 is 1.41 bits per heavy atom. The molecule has 1 unspecified atom stereocenters. The second kappa shape index (κ2) is 5.21. The summed E-state index contributed by atoms with van der Waals surface area (Å²) in [5, 5.41) is 9.03. The number of carboxylic acid groups (broad SMARTS) is 1. The second-order valence-corrected chi connectivity index (χ2v) is 4.52. The maximum absolute atomic E-state index is 11.0. The lowest BCUT2D eigenvalue weighted by Crippen LogP contribution is -2.26. The van der Waals surface area contributed by atoms with Crippen molar-refractivity contribution < 1.29 is 14.6 Å². The van der Waals surface area contributed by atoms with Gasteiger partial charge >= 0.3 is 5.97 Å². The zero-order valence-corrected chi connectivity index (χ0v) is 10.1. The molecule has 1 atom stereocenters. The zero-order chi connectivity index (χ0) is 12.3.